The summed E-state index contributed by atoms with van der Waals surface area (Å²) in [6.07, 6.45) is 2.49. The molecule has 0 saturated carbocycles. The fourth-order valence-electron chi connectivity index (χ4n) is 2.15. The topological polar surface area (TPSA) is 79.5 Å². The van der Waals surface area contributed by atoms with E-state index in [1.54, 1.807) is 24.3 Å². The second-order valence-corrected chi connectivity index (χ2v) is 4.69. The maximum Gasteiger partial charge on any atom is 0.411 e. The molecule has 1 fully saturated rings. The highest BCUT2D eigenvalue weighted by atomic mass is 16.5. The summed E-state index contributed by atoms with van der Waals surface area (Å²) in [7, 11) is 1.30. The number of hydrogen-bond donors (Lipinski definition) is 3. The summed E-state index contributed by atoms with van der Waals surface area (Å²) < 4.78 is 4.52. The van der Waals surface area contributed by atoms with E-state index in [4.69, 9.17) is 0 Å². The molecule has 1 saturated heterocycles. The highest BCUT2D eigenvalue weighted by Crippen LogP contribution is 2.16. The van der Waals surface area contributed by atoms with Crippen molar-refractivity contribution in [3.8, 4) is 0 Å². The van der Waals surface area contributed by atoms with Gasteiger partial charge in [0, 0.05) is 11.4 Å². The summed E-state index contributed by atoms with van der Waals surface area (Å²) in [4.78, 5) is 23.2. The number of carbonyl (C=O) groups is 2. The lowest BCUT2D eigenvalue weighted by atomic mass is 10.0. The first-order valence-corrected chi connectivity index (χ1v) is 6.68. The molecule has 0 spiro atoms. The number of ether oxygens (including phenoxy) is 1. The predicted octanol–water partition coefficient (Wildman–Crippen LogP) is 1.95. The van der Waals surface area contributed by atoms with Crippen molar-refractivity contribution in [2.75, 3.05) is 24.3 Å². The van der Waals surface area contributed by atoms with E-state index in [9.17, 15) is 9.59 Å². The van der Waals surface area contributed by atoms with Crippen LogP contribution < -0.4 is 16.0 Å². The Balaban J connectivity index is 1.96. The van der Waals surface area contributed by atoms with E-state index in [-0.39, 0.29) is 11.9 Å². The number of anilines is 2. The molecule has 2 rings (SSSR count). The van der Waals surface area contributed by atoms with Gasteiger partial charge in [0.1, 0.15) is 0 Å². The lowest BCUT2D eigenvalue weighted by Gasteiger charge is -2.22. The molecule has 0 radical (unpaired) electrons. The second kappa shape index (κ2) is 6.91. The summed E-state index contributed by atoms with van der Waals surface area (Å²) in [5.41, 5.74) is 1.22. The summed E-state index contributed by atoms with van der Waals surface area (Å²) >= 11 is 0. The molecule has 1 heterocycles. The normalized spacial score (nSPS) is 18.1. The molecule has 1 aromatic carbocycles. The van der Waals surface area contributed by atoms with Gasteiger partial charge in [-0.15, -0.1) is 0 Å². The van der Waals surface area contributed by atoms with Gasteiger partial charge in [-0.1, -0.05) is 12.5 Å². The largest absolute Gasteiger partial charge is 0.453 e. The van der Waals surface area contributed by atoms with Gasteiger partial charge in [0.05, 0.1) is 13.2 Å². The molecule has 0 aromatic heterocycles. The van der Waals surface area contributed by atoms with Crippen molar-refractivity contribution in [2.24, 2.45) is 0 Å². The minimum absolute atomic E-state index is 0.0417. The quantitative estimate of drug-likeness (QED) is 0.789. The lowest BCUT2D eigenvalue weighted by molar-refractivity contribution is -0.118. The number of nitrogens with one attached hydrogen (secondary N) is 3. The first-order valence-electron chi connectivity index (χ1n) is 6.68. The van der Waals surface area contributed by atoms with Crippen LogP contribution in [0.5, 0.6) is 0 Å². The zero-order valence-electron chi connectivity index (χ0n) is 11.4. The Kier molecular flexibility index (Phi) is 4.95. The van der Waals surface area contributed by atoms with E-state index >= 15 is 0 Å². The number of amides is 2. The van der Waals surface area contributed by atoms with Crippen molar-refractivity contribution in [1.82, 2.24) is 5.32 Å². The average Bonchev–Trinajstić information content (AvgIpc) is 2.48. The molecule has 1 aromatic rings. The van der Waals surface area contributed by atoms with Gasteiger partial charge in [0.2, 0.25) is 5.91 Å². The fourth-order valence-corrected chi connectivity index (χ4v) is 2.15. The van der Waals surface area contributed by atoms with Crippen molar-refractivity contribution in [3.63, 3.8) is 0 Å². The third-order valence-electron chi connectivity index (χ3n) is 3.19. The van der Waals surface area contributed by atoms with Crippen LogP contribution in [0.25, 0.3) is 0 Å². The highest BCUT2D eigenvalue weighted by molar-refractivity contribution is 5.95. The zero-order valence-corrected chi connectivity index (χ0v) is 11.4. The molecule has 3 N–H and O–H groups in total. The molecule has 0 aliphatic carbocycles. The number of methoxy groups -OCH3 is 1. The van der Waals surface area contributed by atoms with Gasteiger partial charge < -0.3 is 15.4 Å². The molecule has 1 aliphatic heterocycles. The first kappa shape index (κ1) is 14.3. The molecule has 6 nitrogen and oxygen atoms in total. The Bertz CT molecular complexity index is 484. The van der Waals surface area contributed by atoms with Crippen LogP contribution >= 0.6 is 0 Å². The number of rotatable bonds is 3. The number of carbonyl (C=O) groups excluding carboxylic acids is 2. The van der Waals surface area contributed by atoms with Crippen LogP contribution in [0.3, 0.4) is 0 Å². The van der Waals surface area contributed by atoms with E-state index in [1.807, 2.05) is 0 Å². The molecule has 20 heavy (non-hydrogen) atoms. The van der Waals surface area contributed by atoms with Crippen molar-refractivity contribution in [1.29, 1.82) is 0 Å². The third kappa shape index (κ3) is 3.96. The van der Waals surface area contributed by atoms with Crippen LogP contribution in [0.15, 0.2) is 24.3 Å². The number of benzene rings is 1. The van der Waals surface area contributed by atoms with E-state index in [0.29, 0.717) is 11.4 Å². The van der Waals surface area contributed by atoms with E-state index < -0.39 is 6.09 Å². The summed E-state index contributed by atoms with van der Waals surface area (Å²) in [6, 6.07) is 6.82. The average molecular weight is 277 g/mol. The smallest absolute Gasteiger partial charge is 0.411 e. The van der Waals surface area contributed by atoms with Crippen LogP contribution in [-0.4, -0.2) is 31.7 Å². The van der Waals surface area contributed by atoms with Gasteiger partial charge in [-0.05, 0) is 37.6 Å². The Morgan fingerprint density at radius 2 is 2.00 bits per heavy atom. The summed E-state index contributed by atoms with van der Waals surface area (Å²) in [5.74, 6) is -0.0417. The Morgan fingerprint density at radius 3 is 2.65 bits per heavy atom. The van der Waals surface area contributed by atoms with Gasteiger partial charge in [0.25, 0.3) is 0 Å². The monoisotopic (exact) mass is 277 g/mol. The Hall–Kier alpha value is -2.08. The zero-order chi connectivity index (χ0) is 14.4. The maximum atomic E-state index is 12.1. The standard InChI is InChI=1S/C14H19N3O3/c1-20-14(19)17-11-6-4-5-10(9-11)16-13(18)12-7-2-3-8-15-12/h4-6,9,12,15H,2-3,7-8H2,1H3,(H,16,18)(H,17,19)/t12-/m1/s1. The number of hydrogen-bond acceptors (Lipinski definition) is 4. The molecule has 6 heteroatoms. The first-order chi connectivity index (χ1) is 9.69. The van der Waals surface area contributed by atoms with Crippen molar-refractivity contribution < 1.29 is 14.3 Å². The summed E-state index contributed by atoms with van der Waals surface area (Å²) in [5, 5.41) is 8.60. The SMILES string of the molecule is COC(=O)Nc1cccc(NC(=O)[C@H]2CCCCN2)c1. The van der Waals surface area contributed by atoms with Crippen LogP contribution in [0.4, 0.5) is 16.2 Å². The van der Waals surface area contributed by atoms with E-state index in [1.165, 1.54) is 7.11 Å². The Labute approximate surface area is 117 Å². The lowest BCUT2D eigenvalue weighted by Crippen LogP contribution is -2.43. The van der Waals surface area contributed by atoms with Crippen LogP contribution in [0.1, 0.15) is 19.3 Å². The molecule has 1 atom stereocenters. The van der Waals surface area contributed by atoms with Gasteiger partial charge >= 0.3 is 6.09 Å². The van der Waals surface area contributed by atoms with Gasteiger partial charge in [0.15, 0.2) is 0 Å². The fraction of sp³-hybridized carbons (Fsp3) is 0.429. The van der Waals surface area contributed by atoms with Gasteiger partial charge in [-0.2, -0.15) is 0 Å². The van der Waals surface area contributed by atoms with Crippen LogP contribution in [0.2, 0.25) is 0 Å². The molecule has 1 aliphatic rings. The minimum atomic E-state index is -0.539. The van der Waals surface area contributed by atoms with Crippen molar-refractivity contribution in [3.05, 3.63) is 24.3 Å². The van der Waals surface area contributed by atoms with Crippen LogP contribution in [-0.2, 0) is 9.53 Å². The molecule has 108 valence electrons. The predicted molar refractivity (Wildman–Crippen MR) is 76.7 cm³/mol. The van der Waals surface area contributed by atoms with Crippen molar-refractivity contribution in [2.45, 2.75) is 25.3 Å². The molecule has 0 unspecified atom stereocenters. The van der Waals surface area contributed by atoms with Crippen LogP contribution in [0, 0.1) is 0 Å². The number of piperidine rings is 1. The highest BCUT2D eigenvalue weighted by Gasteiger charge is 2.20. The van der Waals surface area contributed by atoms with E-state index in [0.717, 1.165) is 25.8 Å². The molecular weight excluding hydrogens is 258 g/mol. The van der Waals surface area contributed by atoms with E-state index in [2.05, 4.69) is 20.7 Å². The minimum Gasteiger partial charge on any atom is -0.453 e. The second-order valence-electron chi connectivity index (χ2n) is 4.69. The van der Waals surface area contributed by atoms with Gasteiger partial charge in [-0.25, -0.2) is 4.79 Å². The molecule has 0 bridgehead atoms. The molecular formula is C14H19N3O3. The summed E-state index contributed by atoms with van der Waals surface area (Å²) in [6.45, 7) is 0.877. The molecule has 2 amide bonds. The third-order valence-corrected chi connectivity index (χ3v) is 3.19. The van der Waals surface area contributed by atoms with Gasteiger partial charge in [-0.3, -0.25) is 10.1 Å². The van der Waals surface area contributed by atoms with Crippen molar-refractivity contribution >= 4 is 23.4 Å². The maximum absolute atomic E-state index is 12.1. The Morgan fingerprint density at radius 1 is 1.25 bits per heavy atom.